The minimum Gasteiger partial charge on any atom is -0.365 e. The highest BCUT2D eigenvalue weighted by Crippen LogP contribution is 2.07. The van der Waals surface area contributed by atoms with Gasteiger partial charge in [-0.2, -0.15) is 0 Å². The third kappa shape index (κ3) is 5.63. The summed E-state index contributed by atoms with van der Waals surface area (Å²) in [6, 6.07) is 0. The molecule has 0 atom stereocenters. The summed E-state index contributed by atoms with van der Waals surface area (Å²) in [5, 5.41) is 3.32. The normalized spacial score (nSPS) is 13.8. The van der Waals surface area contributed by atoms with Crippen LogP contribution in [-0.2, 0) is 0 Å². The molecule has 0 fully saturated rings. The molecule has 0 heterocycles. The van der Waals surface area contributed by atoms with Crippen molar-refractivity contribution in [3.63, 3.8) is 0 Å². The number of rotatable bonds is 2. The molecule has 0 aliphatic carbocycles. The molecule has 0 aliphatic rings. The van der Waals surface area contributed by atoms with Gasteiger partial charge in [0.2, 0.25) is 0 Å². The SMILES string of the molecule is C/C=C(\NC(=NC(C)(C)C)N(C)C)N(C)C. The molecule has 0 unspecified atom stereocenters. The van der Waals surface area contributed by atoms with Crippen LogP contribution in [0.15, 0.2) is 16.9 Å². The molecule has 0 radical (unpaired) electrons. The molecule has 0 saturated carbocycles. The molecular formula is C12H26N4. The number of hydrogen-bond acceptors (Lipinski definition) is 2. The molecule has 0 aromatic carbocycles. The summed E-state index contributed by atoms with van der Waals surface area (Å²) >= 11 is 0. The first-order valence-corrected chi connectivity index (χ1v) is 5.55. The van der Waals surface area contributed by atoms with Gasteiger partial charge in [-0.1, -0.05) is 0 Å². The van der Waals surface area contributed by atoms with E-state index in [1.54, 1.807) is 0 Å². The average Bonchev–Trinajstić information content (AvgIpc) is 2.09. The fraction of sp³-hybridized carbons (Fsp3) is 0.750. The molecule has 0 aromatic rings. The largest absolute Gasteiger partial charge is 0.365 e. The first-order chi connectivity index (χ1) is 7.17. The number of allylic oxidation sites excluding steroid dienone is 1. The van der Waals surface area contributed by atoms with E-state index in [1.165, 1.54) is 0 Å². The Labute approximate surface area is 100 Å². The third-order valence-electron chi connectivity index (χ3n) is 1.86. The predicted octanol–water partition coefficient (Wildman–Crippen LogP) is 1.72. The van der Waals surface area contributed by atoms with E-state index >= 15 is 0 Å². The summed E-state index contributed by atoms with van der Waals surface area (Å²) in [6.07, 6.45) is 2.03. The number of aliphatic imine (C=N–C) groups is 1. The quantitative estimate of drug-likeness (QED) is 0.574. The summed E-state index contributed by atoms with van der Waals surface area (Å²) in [5.41, 5.74) is -0.0855. The van der Waals surface area contributed by atoms with E-state index in [0.29, 0.717) is 0 Å². The topological polar surface area (TPSA) is 30.9 Å². The van der Waals surface area contributed by atoms with Crippen LogP contribution in [0.25, 0.3) is 0 Å². The van der Waals surface area contributed by atoms with Gasteiger partial charge in [-0.05, 0) is 33.8 Å². The number of nitrogens with one attached hydrogen (secondary N) is 1. The number of nitrogens with zero attached hydrogens (tertiary/aromatic N) is 3. The smallest absolute Gasteiger partial charge is 0.199 e. The van der Waals surface area contributed by atoms with Gasteiger partial charge >= 0.3 is 0 Å². The Kier molecular flexibility index (Phi) is 5.35. The average molecular weight is 226 g/mol. The molecule has 0 bridgehead atoms. The zero-order chi connectivity index (χ0) is 12.9. The van der Waals surface area contributed by atoms with Gasteiger partial charge in [0.25, 0.3) is 0 Å². The van der Waals surface area contributed by atoms with Crippen molar-refractivity contribution in [1.82, 2.24) is 15.1 Å². The maximum absolute atomic E-state index is 4.64. The Morgan fingerprint density at radius 1 is 1.06 bits per heavy atom. The fourth-order valence-corrected chi connectivity index (χ4v) is 1.11. The van der Waals surface area contributed by atoms with Crippen LogP contribution in [0.1, 0.15) is 27.7 Å². The van der Waals surface area contributed by atoms with Crippen molar-refractivity contribution >= 4 is 5.96 Å². The van der Waals surface area contributed by atoms with Gasteiger partial charge in [0, 0.05) is 28.2 Å². The molecular weight excluding hydrogens is 200 g/mol. The van der Waals surface area contributed by atoms with E-state index in [0.717, 1.165) is 11.8 Å². The first kappa shape index (κ1) is 14.8. The van der Waals surface area contributed by atoms with E-state index in [4.69, 9.17) is 0 Å². The van der Waals surface area contributed by atoms with E-state index in [2.05, 4.69) is 31.1 Å². The van der Waals surface area contributed by atoms with E-state index in [1.807, 2.05) is 51.0 Å². The lowest BCUT2D eigenvalue weighted by atomic mass is 10.1. The Morgan fingerprint density at radius 3 is 1.81 bits per heavy atom. The van der Waals surface area contributed by atoms with Crippen molar-refractivity contribution in [3.8, 4) is 0 Å². The molecule has 4 heteroatoms. The van der Waals surface area contributed by atoms with E-state index < -0.39 is 0 Å². The Bertz CT molecular complexity index is 269. The standard InChI is InChI=1S/C12H26N4/c1-9-10(15(5)6)13-11(16(7)8)14-12(2,3)4/h9H,1-8H3,(H,13,14)/b10-9+. The summed E-state index contributed by atoms with van der Waals surface area (Å²) in [7, 11) is 7.99. The Balaban J connectivity index is 4.91. The molecule has 0 aromatic heterocycles. The Hall–Kier alpha value is -1.19. The highest BCUT2D eigenvalue weighted by atomic mass is 15.3. The molecule has 0 saturated heterocycles. The van der Waals surface area contributed by atoms with Gasteiger partial charge in [-0.3, -0.25) is 0 Å². The fourth-order valence-electron chi connectivity index (χ4n) is 1.11. The van der Waals surface area contributed by atoms with Gasteiger partial charge in [0.15, 0.2) is 5.96 Å². The molecule has 0 amide bonds. The van der Waals surface area contributed by atoms with Crippen LogP contribution in [0.3, 0.4) is 0 Å². The lowest BCUT2D eigenvalue weighted by molar-refractivity contribution is 0.465. The van der Waals surface area contributed by atoms with Crippen LogP contribution in [0.5, 0.6) is 0 Å². The van der Waals surface area contributed by atoms with Gasteiger partial charge in [0.1, 0.15) is 5.82 Å². The van der Waals surface area contributed by atoms with Crippen molar-refractivity contribution in [3.05, 3.63) is 11.9 Å². The van der Waals surface area contributed by atoms with Gasteiger partial charge in [-0.15, -0.1) is 0 Å². The highest BCUT2D eigenvalue weighted by Gasteiger charge is 2.12. The van der Waals surface area contributed by atoms with Crippen molar-refractivity contribution < 1.29 is 0 Å². The molecule has 94 valence electrons. The zero-order valence-corrected chi connectivity index (χ0v) is 11.9. The van der Waals surface area contributed by atoms with Crippen molar-refractivity contribution in [2.24, 2.45) is 4.99 Å². The van der Waals surface area contributed by atoms with Gasteiger partial charge in [-0.25, -0.2) is 4.99 Å². The second-order valence-corrected chi connectivity index (χ2v) is 5.19. The minimum atomic E-state index is -0.0855. The van der Waals surface area contributed by atoms with Crippen molar-refractivity contribution in [1.29, 1.82) is 0 Å². The summed E-state index contributed by atoms with van der Waals surface area (Å²) in [4.78, 5) is 8.66. The molecule has 0 spiro atoms. The summed E-state index contributed by atoms with van der Waals surface area (Å²) in [6.45, 7) is 8.27. The van der Waals surface area contributed by atoms with Crippen LogP contribution < -0.4 is 5.32 Å². The lowest BCUT2D eigenvalue weighted by Crippen LogP contribution is -2.41. The second-order valence-electron chi connectivity index (χ2n) is 5.19. The maximum atomic E-state index is 4.64. The maximum Gasteiger partial charge on any atom is 0.199 e. The van der Waals surface area contributed by atoms with Crippen LogP contribution in [0.4, 0.5) is 0 Å². The van der Waals surface area contributed by atoms with Crippen molar-refractivity contribution in [2.75, 3.05) is 28.2 Å². The van der Waals surface area contributed by atoms with Gasteiger partial charge in [0.05, 0.1) is 5.54 Å². The molecule has 4 nitrogen and oxygen atoms in total. The second kappa shape index (κ2) is 5.77. The summed E-state index contributed by atoms with van der Waals surface area (Å²) < 4.78 is 0. The van der Waals surface area contributed by atoms with Crippen LogP contribution in [-0.4, -0.2) is 49.5 Å². The Morgan fingerprint density at radius 2 is 1.56 bits per heavy atom. The highest BCUT2D eigenvalue weighted by molar-refractivity contribution is 5.81. The third-order valence-corrected chi connectivity index (χ3v) is 1.86. The predicted molar refractivity (Wildman–Crippen MR) is 71.5 cm³/mol. The first-order valence-electron chi connectivity index (χ1n) is 5.55. The molecule has 1 N–H and O–H groups in total. The molecule has 0 aliphatic heterocycles. The lowest BCUT2D eigenvalue weighted by Gasteiger charge is -2.26. The van der Waals surface area contributed by atoms with Gasteiger partial charge < -0.3 is 15.1 Å². The molecule has 0 rings (SSSR count). The van der Waals surface area contributed by atoms with E-state index in [-0.39, 0.29) is 5.54 Å². The number of guanidine groups is 1. The monoisotopic (exact) mass is 226 g/mol. The number of hydrogen-bond donors (Lipinski definition) is 1. The zero-order valence-electron chi connectivity index (χ0n) is 11.9. The minimum absolute atomic E-state index is 0.0855. The summed E-state index contributed by atoms with van der Waals surface area (Å²) in [5.74, 6) is 1.91. The van der Waals surface area contributed by atoms with Crippen LogP contribution >= 0.6 is 0 Å². The van der Waals surface area contributed by atoms with E-state index in [9.17, 15) is 0 Å². The van der Waals surface area contributed by atoms with Crippen LogP contribution in [0.2, 0.25) is 0 Å². The molecule has 16 heavy (non-hydrogen) atoms. The van der Waals surface area contributed by atoms with Crippen molar-refractivity contribution in [2.45, 2.75) is 33.2 Å². The van der Waals surface area contributed by atoms with Crippen LogP contribution in [0, 0.1) is 0 Å².